The number of hydrogen-bond acceptors (Lipinski definition) is 3. The third-order valence-electron chi connectivity index (χ3n) is 3.48. The van der Waals surface area contributed by atoms with Gasteiger partial charge in [-0.25, -0.2) is 0 Å². The average molecular weight is 323 g/mol. The van der Waals surface area contributed by atoms with Gasteiger partial charge < -0.3 is 15.3 Å². The first kappa shape index (κ1) is 16.2. The lowest BCUT2D eigenvalue weighted by Gasteiger charge is -2.24. The van der Waals surface area contributed by atoms with Crippen LogP contribution in [0.15, 0.2) is 18.2 Å². The molecule has 1 atom stereocenters. The van der Waals surface area contributed by atoms with Gasteiger partial charge in [-0.2, -0.15) is 13.2 Å². The molecular weight excluding hydrogens is 305 g/mol. The van der Waals surface area contributed by atoms with Crippen LogP contribution in [0, 0.1) is 0 Å². The molecule has 0 saturated carbocycles. The number of aliphatic hydroxyl groups is 1. The Hall–Kier alpha value is -1.14. The molecule has 1 aliphatic rings. The Balaban J connectivity index is 2.26. The predicted molar refractivity (Wildman–Crippen MR) is 78.1 cm³/mol. The minimum absolute atomic E-state index is 0.0327. The Bertz CT molecular complexity index is 476. The summed E-state index contributed by atoms with van der Waals surface area (Å²) in [6.45, 7) is 1.78. The van der Waals surface area contributed by atoms with E-state index in [4.69, 9.17) is 11.6 Å². The molecule has 0 bridgehead atoms. The quantitative estimate of drug-likeness (QED) is 0.816. The van der Waals surface area contributed by atoms with E-state index in [1.807, 2.05) is 0 Å². The average Bonchev–Trinajstić information content (AvgIpc) is 2.97. The first-order chi connectivity index (χ1) is 9.91. The topological polar surface area (TPSA) is 35.5 Å². The molecule has 1 aliphatic heterocycles. The van der Waals surface area contributed by atoms with Gasteiger partial charge in [-0.15, -0.1) is 11.6 Å². The van der Waals surface area contributed by atoms with Crippen molar-refractivity contribution in [1.29, 1.82) is 0 Å². The Morgan fingerprint density at radius 1 is 1.29 bits per heavy atom. The molecule has 0 aliphatic carbocycles. The van der Waals surface area contributed by atoms with Crippen LogP contribution in [0.2, 0.25) is 0 Å². The Kier molecular flexibility index (Phi) is 5.22. The third-order valence-corrected chi connectivity index (χ3v) is 3.83. The normalized spacial score (nSPS) is 17.1. The molecule has 1 unspecified atom stereocenters. The fraction of sp³-hybridized carbons (Fsp3) is 0.571. The van der Waals surface area contributed by atoms with Gasteiger partial charge >= 0.3 is 6.18 Å². The van der Waals surface area contributed by atoms with E-state index in [-0.39, 0.29) is 12.4 Å². The molecule has 1 aromatic rings. The Morgan fingerprint density at radius 3 is 2.52 bits per heavy atom. The highest BCUT2D eigenvalue weighted by atomic mass is 35.5. The van der Waals surface area contributed by atoms with Gasteiger partial charge in [-0.05, 0) is 31.0 Å². The Labute approximate surface area is 126 Å². The highest BCUT2D eigenvalue weighted by Gasteiger charge is 2.31. The summed E-state index contributed by atoms with van der Waals surface area (Å²) in [7, 11) is 0. The maximum Gasteiger partial charge on any atom is 0.416 e. The van der Waals surface area contributed by atoms with Crippen LogP contribution in [0.5, 0.6) is 0 Å². The summed E-state index contributed by atoms with van der Waals surface area (Å²) in [5.41, 5.74) is 0.423. The number of rotatable bonds is 5. The van der Waals surface area contributed by atoms with Crippen LogP contribution in [0.1, 0.15) is 18.4 Å². The van der Waals surface area contributed by atoms with Crippen molar-refractivity contribution < 1.29 is 18.3 Å². The summed E-state index contributed by atoms with van der Waals surface area (Å²) in [5.74, 6) is 0.0327. The summed E-state index contributed by atoms with van der Waals surface area (Å²) in [4.78, 5) is 2.05. The molecule has 0 aromatic heterocycles. The summed E-state index contributed by atoms with van der Waals surface area (Å²) >= 11 is 5.51. The number of nitrogens with one attached hydrogen (secondary N) is 1. The van der Waals surface area contributed by atoms with Gasteiger partial charge in [0.15, 0.2) is 0 Å². The van der Waals surface area contributed by atoms with Crippen LogP contribution < -0.4 is 10.2 Å². The second-order valence-electron chi connectivity index (χ2n) is 5.11. The van der Waals surface area contributed by atoms with E-state index in [9.17, 15) is 18.3 Å². The maximum absolute atomic E-state index is 12.8. The summed E-state index contributed by atoms with van der Waals surface area (Å²) in [6.07, 6.45) is -3.12. The zero-order chi connectivity index (χ0) is 15.5. The number of halogens is 4. The van der Waals surface area contributed by atoms with E-state index in [0.717, 1.165) is 43.8 Å². The number of nitrogens with zero attached hydrogens (tertiary/aromatic N) is 1. The smallest absolute Gasteiger partial charge is 0.390 e. The standard InChI is InChI=1S/C14H18ClF3N2O/c15-8-11(21)9-19-12-7-10(14(16,17)18)3-4-13(12)20-5-1-2-6-20/h3-4,7,11,19,21H,1-2,5-6,8-9H2. The second-order valence-corrected chi connectivity index (χ2v) is 5.42. The molecule has 0 radical (unpaired) electrons. The number of anilines is 2. The van der Waals surface area contributed by atoms with Gasteiger partial charge in [-0.3, -0.25) is 0 Å². The van der Waals surface area contributed by atoms with Gasteiger partial charge in [0, 0.05) is 19.6 Å². The molecule has 2 rings (SSSR count). The summed E-state index contributed by atoms with van der Waals surface area (Å²) in [6, 6.07) is 3.68. The minimum atomic E-state index is -4.38. The molecule has 0 spiro atoms. The van der Waals surface area contributed by atoms with Crippen LogP contribution in [-0.2, 0) is 6.18 Å². The van der Waals surface area contributed by atoms with E-state index in [1.54, 1.807) is 0 Å². The Morgan fingerprint density at radius 2 is 1.95 bits per heavy atom. The lowest BCUT2D eigenvalue weighted by Crippen LogP contribution is -2.24. The predicted octanol–water partition coefficient (Wildman–Crippen LogP) is 3.32. The summed E-state index contributed by atoms with van der Waals surface area (Å²) in [5, 5.41) is 12.4. The van der Waals surface area contributed by atoms with E-state index in [1.165, 1.54) is 6.07 Å². The molecule has 118 valence electrons. The van der Waals surface area contributed by atoms with Crippen LogP contribution in [-0.4, -0.2) is 36.7 Å². The van der Waals surface area contributed by atoms with Gasteiger partial charge in [0.05, 0.1) is 28.9 Å². The second kappa shape index (κ2) is 6.75. The highest BCUT2D eigenvalue weighted by Crippen LogP contribution is 2.36. The molecule has 1 heterocycles. The molecule has 3 nitrogen and oxygen atoms in total. The van der Waals surface area contributed by atoms with Crippen molar-refractivity contribution >= 4 is 23.0 Å². The lowest BCUT2D eigenvalue weighted by molar-refractivity contribution is -0.137. The van der Waals surface area contributed by atoms with E-state index < -0.39 is 17.8 Å². The SMILES string of the molecule is OC(CCl)CNc1cc(C(F)(F)F)ccc1N1CCCC1. The molecule has 2 N–H and O–H groups in total. The van der Waals surface area contributed by atoms with E-state index in [0.29, 0.717) is 5.69 Å². The monoisotopic (exact) mass is 322 g/mol. The largest absolute Gasteiger partial charge is 0.416 e. The molecule has 7 heteroatoms. The zero-order valence-electron chi connectivity index (χ0n) is 11.5. The van der Waals surface area contributed by atoms with Crippen molar-refractivity contribution in [3.63, 3.8) is 0 Å². The number of hydrogen-bond donors (Lipinski definition) is 2. The number of alkyl halides is 4. The highest BCUT2D eigenvalue weighted by molar-refractivity contribution is 6.18. The van der Waals surface area contributed by atoms with Crippen LogP contribution in [0.25, 0.3) is 0 Å². The molecule has 1 saturated heterocycles. The molecular formula is C14H18ClF3N2O. The fourth-order valence-corrected chi connectivity index (χ4v) is 2.48. The van der Waals surface area contributed by atoms with Crippen molar-refractivity contribution in [3.05, 3.63) is 23.8 Å². The molecule has 0 amide bonds. The maximum atomic E-state index is 12.8. The summed E-state index contributed by atoms with van der Waals surface area (Å²) < 4.78 is 38.5. The van der Waals surface area contributed by atoms with E-state index >= 15 is 0 Å². The van der Waals surface area contributed by atoms with Crippen molar-refractivity contribution in [3.8, 4) is 0 Å². The minimum Gasteiger partial charge on any atom is -0.390 e. The molecule has 1 fully saturated rings. The number of aliphatic hydroxyl groups excluding tert-OH is 1. The number of benzene rings is 1. The van der Waals surface area contributed by atoms with Crippen molar-refractivity contribution in [1.82, 2.24) is 0 Å². The first-order valence-electron chi connectivity index (χ1n) is 6.86. The van der Waals surface area contributed by atoms with Gasteiger partial charge in [0.1, 0.15) is 0 Å². The van der Waals surface area contributed by atoms with Gasteiger partial charge in [0.25, 0.3) is 0 Å². The lowest BCUT2D eigenvalue weighted by atomic mass is 10.1. The van der Waals surface area contributed by atoms with Gasteiger partial charge in [-0.1, -0.05) is 0 Å². The van der Waals surface area contributed by atoms with Crippen LogP contribution >= 0.6 is 11.6 Å². The van der Waals surface area contributed by atoms with Gasteiger partial charge in [0.2, 0.25) is 0 Å². The van der Waals surface area contributed by atoms with Crippen molar-refractivity contribution in [2.75, 3.05) is 35.7 Å². The van der Waals surface area contributed by atoms with Crippen molar-refractivity contribution in [2.24, 2.45) is 0 Å². The van der Waals surface area contributed by atoms with E-state index in [2.05, 4.69) is 10.2 Å². The zero-order valence-corrected chi connectivity index (χ0v) is 12.2. The van der Waals surface area contributed by atoms with Crippen LogP contribution in [0.3, 0.4) is 0 Å². The first-order valence-corrected chi connectivity index (χ1v) is 7.39. The molecule has 21 heavy (non-hydrogen) atoms. The van der Waals surface area contributed by atoms with Crippen LogP contribution in [0.4, 0.5) is 24.5 Å². The molecule has 1 aromatic carbocycles. The van der Waals surface area contributed by atoms with Crippen molar-refractivity contribution in [2.45, 2.75) is 25.1 Å². The third kappa shape index (κ3) is 4.17. The fourth-order valence-electron chi connectivity index (χ4n) is 2.37.